The minimum absolute atomic E-state index is 0.0502. The van der Waals surface area contributed by atoms with E-state index in [9.17, 15) is 0 Å². The SMILES string of the molecule is CC1(C)c2ccccc2N(c2ccccc2)c2ccc(-c3ccc4c5c6ccccc6ccc5n(C5=CC(c6ccc(-c7ccccc7)cc6)NC(c6ccccc6)N5)c4c3)cc21. The second kappa shape index (κ2) is 14.8. The lowest BCUT2D eigenvalue weighted by Crippen LogP contribution is -2.40. The van der Waals surface area contributed by atoms with Crippen molar-refractivity contribution in [2.24, 2.45) is 0 Å². The first-order valence-electron chi connectivity index (χ1n) is 22.0. The van der Waals surface area contributed by atoms with Crippen LogP contribution < -0.4 is 15.5 Å². The standard InChI is InChI=1S/C59H46N4/c1-59(2)49-24-14-15-25-52(49)62(46-21-10-5-11-22-46)53-34-32-44(36-50(53)59)45-30-33-48-55(37-45)63(54-35-31-41-18-12-13-23-47(41)57(48)54)56-38-51(60-58(61-56)43-19-8-4-9-20-43)42-28-26-40(27-29-42)39-16-6-3-7-17-39/h3-38,51,58,60-61H,1-2H3. The Morgan fingerprint density at radius 1 is 0.460 bits per heavy atom. The monoisotopic (exact) mass is 810 g/mol. The van der Waals surface area contributed by atoms with Gasteiger partial charge in [0.25, 0.3) is 0 Å². The van der Waals surface area contributed by atoms with Crippen LogP contribution in [0.2, 0.25) is 0 Å². The molecule has 0 spiro atoms. The van der Waals surface area contributed by atoms with Crippen LogP contribution in [0.5, 0.6) is 0 Å². The molecule has 0 saturated heterocycles. The number of anilines is 3. The lowest BCUT2D eigenvalue weighted by molar-refractivity contribution is 0.435. The molecule has 1 aromatic heterocycles. The van der Waals surface area contributed by atoms with Crippen LogP contribution in [0.4, 0.5) is 17.1 Å². The van der Waals surface area contributed by atoms with E-state index in [2.05, 4.69) is 252 Å². The van der Waals surface area contributed by atoms with Crippen molar-refractivity contribution in [1.29, 1.82) is 0 Å². The summed E-state index contributed by atoms with van der Waals surface area (Å²) in [4.78, 5) is 2.43. The molecule has 2 aliphatic heterocycles. The van der Waals surface area contributed by atoms with Crippen LogP contribution in [-0.2, 0) is 5.41 Å². The smallest absolute Gasteiger partial charge is 0.110 e. The Hall–Kier alpha value is -7.66. The zero-order valence-corrected chi connectivity index (χ0v) is 35.3. The van der Waals surface area contributed by atoms with Crippen LogP contribution in [0, 0.1) is 0 Å². The van der Waals surface area contributed by atoms with E-state index >= 15 is 0 Å². The van der Waals surface area contributed by atoms with Gasteiger partial charge in [-0.1, -0.05) is 184 Å². The van der Waals surface area contributed by atoms with Crippen LogP contribution in [0.3, 0.4) is 0 Å². The minimum atomic E-state index is -0.213. The largest absolute Gasteiger partial charge is 0.352 e. The molecular weight excluding hydrogens is 765 g/mol. The summed E-state index contributed by atoms with van der Waals surface area (Å²) in [6, 6.07) is 77.5. The normalized spacial score (nSPS) is 16.7. The van der Waals surface area contributed by atoms with Crippen LogP contribution in [0.25, 0.3) is 60.7 Å². The Labute approximate surface area is 368 Å². The van der Waals surface area contributed by atoms with Crippen molar-refractivity contribution in [3.8, 4) is 22.3 Å². The van der Waals surface area contributed by atoms with E-state index in [1.807, 2.05) is 0 Å². The zero-order chi connectivity index (χ0) is 42.1. The van der Waals surface area contributed by atoms with Gasteiger partial charge in [-0.05, 0) is 104 Å². The predicted molar refractivity (Wildman–Crippen MR) is 264 cm³/mol. The molecule has 0 radical (unpaired) electrons. The van der Waals surface area contributed by atoms with Crippen molar-refractivity contribution < 1.29 is 0 Å². The molecule has 2 atom stereocenters. The third-order valence-electron chi connectivity index (χ3n) is 13.4. The highest BCUT2D eigenvalue weighted by atomic mass is 15.3. The first-order valence-corrected chi connectivity index (χ1v) is 22.0. The maximum Gasteiger partial charge on any atom is 0.110 e. The van der Waals surface area contributed by atoms with E-state index in [0.29, 0.717) is 0 Å². The van der Waals surface area contributed by atoms with Crippen LogP contribution in [0.1, 0.15) is 48.3 Å². The molecule has 302 valence electrons. The van der Waals surface area contributed by atoms with Gasteiger partial charge in [0.2, 0.25) is 0 Å². The summed E-state index contributed by atoms with van der Waals surface area (Å²) in [5.41, 5.74) is 15.6. The van der Waals surface area contributed by atoms with Gasteiger partial charge in [-0.3, -0.25) is 9.88 Å². The maximum atomic E-state index is 3.99. The van der Waals surface area contributed by atoms with E-state index in [4.69, 9.17) is 0 Å². The number of hydrogen-bond donors (Lipinski definition) is 2. The molecule has 0 saturated carbocycles. The number of hydrogen-bond acceptors (Lipinski definition) is 3. The fourth-order valence-corrected chi connectivity index (χ4v) is 10.3. The summed E-state index contributed by atoms with van der Waals surface area (Å²) in [6.07, 6.45) is 2.24. The number of fused-ring (bicyclic) bond motifs is 7. The number of para-hydroxylation sites is 2. The summed E-state index contributed by atoms with van der Waals surface area (Å²) >= 11 is 0. The molecule has 4 nitrogen and oxygen atoms in total. The van der Waals surface area contributed by atoms with Gasteiger partial charge in [-0.15, -0.1) is 0 Å². The summed E-state index contributed by atoms with van der Waals surface area (Å²) < 4.78 is 2.47. The van der Waals surface area contributed by atoms with Crippen LogP contribution in [0.15, 0.2) is 218 Å². The number of benzene rings is 9. The Morgan fingerprint density at radius 2 is 1.10 bits per heavy atom. The van der Waals surface area contributed by atoms with Crippen molar-refractivity contribution in [2.45, 2.75) is 31.5 Å². The molecule has 0 fully saturated rings. The van der Waals surface area contributed by atoms with Crippen molar-refractivity contribution in [2.75, 3.05) is 4.90 Å². The first kappa shape index (κ1) is 37.1. The molecule has 2 aliphatic rings. The molecule has 63 heavy (non-hydrogen) atoms. The zero-order valence-electron chi connectivity index (χ0n) is 35.3. The van der Waals surface area contributed by atoms with E-state index < -0.39 is 0 Å². The van der Waals surface area contributed by atoms with E-state index in [0.717, 1.165) is 17.0 Å². The molecule has 2 N–H and O–H groups in total. The molecule has 9 aromatic carbocycles. The molecule has 0 bridgehead atoms. The van der Waals surface area contributed by atoms with Crippen molar-refractivity contribution in [3.05, 3.63) is 241 Å². The van der Waals surface area contributed by atoms with Gasteiger partial charge in [0.15, 0.2) is 0 Å². The highest BCUT2D eigenvalue weighted by Crippen LogP contribution is 2.53. The van der Waals surface area contributed by atoms with Crippen LogP contribution >= 0.6 is 0 Å². The first-order chi connectivity index (χ1) is 31.0. The number of aromatic nitrogens is 1. The van der Waals surface area contributed by atoms with Gasteiger partial charge in [0.1, 0.15) is 12.0 Å². The molecule has 10 aromatic rings. The van der Waals surface area contributed by atoms with Crippen molar-refractivity contribution >= 4 is 55.5 Å². The molecule has 2 unspecified atom stereocenters. The van der Waals surface area contributed by atoms with Crippen molar-refractivity contribution in [3.63, 3.8) is 0 Å². The van der Waals surface area contributed by atoms with Gasteiger partial charge < -0.3 is 10.2 Å². The predicted octanol–water partition coefficient (Wildman–Crippen LogP) is 14.8. The molecule has 12 rings (SSSR count). The quantitative estimate of drug-likeness (QED) is 0.175. The van der Waals surface area contributed by atoms with Gasteiger partial charge in [-0.25, -0.2) is 0 Å². The summed E-state index contributed by atoms with van der Waals surface area (Å²) in [5, 5.41) is 12.9. The van der Waals surface area contributed by atoms with E-state index in [-0.39, 0.29) is 17.6 Å². The Kier molecular flexibility index (Phi) is 8.70. The van der Waals surface area contributed by atoms with Gasteiger partial charge in [-0.2, -0.15) is 0 Å². The Morgan fingerprint density at radius 3 is 1.90 bits per heavy atom. The molecule has 4 heteroatoms. The summed E-state index contributed by atoms with van der Waals surface area (Å²) in [6.45, 7) is 4.74. The Bertz CT molecular complexity index is 3370. The highest BCUT2D eigenvalue weighted by molar-refractivity contribution is 6.22. The molecule has 3 heterocycles. The fourth-order valence-electron chi connectivity index (χ4n) is 10.3. The van der Waals surface area contributed by atoms with Crippen molar-refractivity contribution in [1.82, 2.24) is 15.2 Å². The lowest BCUT2D eigenvalue weighted by Gasteiger charge is -2.42. The summed E-state index contributed by atoms with van der Waals surface area (Å²) in [5.74, 6) is 1.05. The number of nitrogens with zero attached hydrogens (tertiary/aromatic N) is 2. The summed E-state index contributed by atoms with van der Waals surface area (Å²) in [7, 11) is 0. The van der Waals surface area contributed by atoms with E-state index in [1.54, 1.807) is 0 Å². The maximum absolute atomic E-state index is 3.99. The van der Waals surface area contributed by atoms with Gasteiger partial charge in [0.05, 0.1) is 28.5 Å². The topological polar surface area (TPSA) is 32.2 Å². The minimum Gasteiger partial charge on any atom is -0.352 e. The van der Waals surface area contributed by atoms with Crippen LogP contribution in [-0.4, -0.2) is 4.57 Å². The highest BCUT2D eigenvalue weighted by Gasteiger charge is 2.37. The number of rotatable bonds is 6. The molecule has 0 amide bonds. The van der Waals surface area contributed by atoms with Gasteiger partial charge >= 0.3 is 0 Å². The third kappa shape index (κ3) is 6.17. The Balaban J connectivity index is 1.04. The van der Waals surface area contributed by atoms with Gasteiger partial charge in [0, 0.05) is 21.9 Å². The molecular formula is C59H46N4. The van der Waals surface area contributed by atoms with E-state index in [1.165, 1.54) is 82.9 Å². The second-order valence-corrected chi connectivity index (χ2v) is 17.5. The molecule has 0 aliphatic carbocycles. The fraction of sp³-hybridized carbons (Fsp3) is 0.0847. The lowest BCUT2D eigenvalue weighted by atomic mass is 9.73. The average molecular weight is 811 g/mol. The third-order valence-corrected chi connectivity index (χ3v) is 13.4. The number of nitrogens with one attached hydrogen (secondary N) is 2. The second-order valence-electron chi connectivity index (χ2n) is 17.5. The average Bonchev–Trinajstić information content (AvgIpc) is 3.69.